The molecular formula is C16H23FN2O. The fourth-order valence-corrected chi connectivity index (χ4v) is 2.71. The van der Waals surface area contributed by atoms with E-state index < -0.39 is 0 Å². The van der Waals surface area contributed by atoms with Crippen LogP contribution in [0.15, 0.2) is 24.3 Å². The molecule has 0 atom stereocenters. The Kier molecular flexibility index (Phi) is 5.53. The molecule has 3 nitrogen and oxygen atoms in total. The minimum absolute atomic E-state index is 0.156. The molecule has 4 heteroatoms. The van der Waals surface area contributed by atoms with Crippen LogP contribution in [0.4, 0.5) is 4.39 Å². The van der Waals surface area contributed by atoms with Gasteiger partial charge in [-0.15, -0.1) is 0 Å². The lowest BCUT2D eigenvalue weighted by molar-refractivity contribution is -0.131. The molecule has 1 amide bonds. The Hall–Kier alpha value is -1.42. The van der Waals surface area contributed by atoms with Gasteiger partial charge in [-0.2, -0.15) is 0 Å². The van der Waals surface area contributed by atoms with E-state index in [0.717, 1.165) is 44.0 Å². The summed E-state index contributed by atoms with van der Waals surface area (Å²) in [6.07, 6.45) is 3.76. The van der Waals surface area contributed by atoms with E-state index in [-0.39, 0.29) is 11.7 Å². The van der Waals surface area contributed by atoms with Crippen LogP contribution in [0.1, 0.15) is 24.8 Å². The molecule has 1 aliphatic heterocycles. The third kappa shape index (κ3) is 4.30. The Labute approximate surface area is 120 Å². The number of likely N-dealkylation sites (tertiary alicyclic amines) is 1. The Bertz CT molecular complexity index is 425. The molecule has 0 saturated carbocycles. The first-order chi connectivity index (χ1) is 9.69. The lowest BCUT2D eigenvalue weighted by Crippen LogP contribution is -2.39. The first kappa shape index (κ1) is 15.0. The van der Waals surface area contributed by atoms with Crippen molar-refractivity contribution in [1.29, 1.82) is 0 Å². The minimum Gasteiger partial charge on any atom is -0.342 e. The Morgan fingerprint density at radius 1 is 1.30 bits per heavy atom. The van der Waals surface area contributed by atoms with Gasteiger partial charge in [0.1, 0.15) is 5.82 Å². The maximum absolute atomic E-state index is 12.8. The number of rotatable bonds is 5. The average Bonchev–Trinajstić information content (AvgIpc) is 2.48. The Morgan fingerprint density at radius 3 is 2.55 bits per heavy atom. The number of hydrogen-bond acceptors (Lipinski definition) is 2. The van der Waals surface area contributed by atoms with Gasteiger partial charge in [-0.1, -0.05) is 12.1 Å². The molecule has 0 aromatic heterocycles. The smallest absolute Gasteiger partial charge is 0.226 e. The zero-order chi connectivity index (χ0) is 14.4. The van der Waals surface area contributed by atoms with Gasteiger partial charge >= 0.3 is 0 Å². The molecule has 110 valence electrons. The third-order valence-corrected chi connectivity index (χ3v) is 4.04. The van der Waals surface area contributed by atoms with Gasteiger partial charge in [0.25, 0.3) is 0 Å². The number of halogens is 1. The Morgan fingerprint density at radius 2 is 1.95 bits per heavy atom. The van der Waals surface area contributed by atoms with E-state index in [1.54, 1.807) is 12.1 Å². The molecule has 0 bridgehead atoms. The van der Waals surface area contributed by atoms with Crippen molar-refractivity contribution < 1.29 is 9.18 Å². The van der Waals surface area contributed by atoms with Crippen LogP contribution in [0, 0.1) is 11.7 Å². The van der Waals surface area contributed by atoms with Gasteiger partial charge in [-0.05, 0) is 56.5 Å². The highest BCUT2D eigenvalue weighted by atomic mass is 19.1. The second-order valence-corrected chi connectivity index (χ2v) is 5.52. The fourth-order valence-electron chi connectivity index (χ4n) is 2.71. The van der Waals surface area contributed by atoms with Gasteiger partial charge in [-0.25, -0.2) is 4.39 Å². The van der Waals surface area contributed by atoms with Gasteiger partial charge < -0.3 is 10.2 Å². The van der Waals surface area contributed by atoms with Gasteiger partial charge in [0, 0.05) is 13.1 Å². The predicted molar refractivity (Wildman–Crippen MR) is 78.0 cm³/mol. The summed E-state index contributed by atoms with van der Waals surface area (Å²) in [7, 11) is 1.97. The second-order valence-electron chi connectivity index (χ2n) is 5.52. The molecule has 1 saturated heterocycles. The number of carbonyl (C=O) groups excluding carboxylic acids is 1. The molecule has 20 heavy (non-hydrogen) atoms. The molecule has 0 unspecified atom stereocenters. The molecule has 1 fully saturated rings. The molecule has 1 aromatic carbocycles. The first-order valence-electron chi connectivity index (χ1n) is 7.36. The van der Waals surface area contributed by atoms with Crippen LogP contribution < -0.4 is 5.32 Å². The maximum atomic E-state index is 12.8. The monoisotopic (exact) mass is 278 g/mol. The van der Waals surface area contributed by atoms with Crippen molar-refractivity contribution in [1.82, 2.24) is 10.2 Å². The van der Waals surface area contributed by atoms with Gasteiger partial charge in [0.2, 0.25) is 5.91 Å². The third-order valence-electron chi connectivity index (χ3n) is 4.04. The standard InChI is InChI=1S/C16H23FN2O/c1-18-9-6-13-7-10-19(11-8-13)16(20)12-14-2-4-15(17)5-3-14/h2-5,13,18H,6-12H2,1H3. The summed E-state index contributed by atoms with van der Waals surface area (Å²) in [5.41, 5.74) is 0.883. The molecule has 1 heterocycles. The molecule has 0 aliphatic carbocycles. The van der Waals surface area contributed by atoms with Crippen LogP contribution in [-0.4, -0.2) is 37.5 Å². The first-order valence-corrected chi connectivity index (χ1v) is 7.36. The largest absolute Gasteiger partial charge is 0.342 e. The van der Waals surface area contributed by atoms with E-state index in [0.29, 0.717) is 6.42 Å². The van der Waals surface area contributed by atoms with E-state index in [1.807, 2.05) is 11.9 Å². The maximum Gasteiger partial charge on any atom is 0.226 e. The fraction of sp³-hybridized carbons (Fsp3) is 0.562. The van der Waals surface area contributed by atoms with Crippen molar-refractivity contribution in [3.8, 4) is 0 Å². The number of carbonyl (C=O) groups is 1. The van der Waals surface area contributed by atoms with E-state index in [1.165, 1.54) is 18.6 Å². The minimum atomic E-state index is -0.258. The number of amides is 1. The molecule has 0 spiro atoms. The van der Waals surface area contributed by atoms with Crippen LogP contribution in [0.25, 0.3) is 0 Å². The normalized spacial score (nSPS) is 16.4. The van der Waals surface area contributed by atoms with E-state index in [2.05, 4.69) is 5.32 Å². The van der Waals surface area contributed by atoms with E-state index in [4.69, 9.17) is 0 Å². The summed E-state index contributed by atoms with van der Waals surface area (Å²) in [5, 5.41) is 3.18. The van der Waals surface area contributed by atoms with Crippen LogP contribution in [0.2, 0.25) is 0 Å². The second kappa shape index (κ2) is 7.39. The van der Waals surface area contributed by atoms with Crippen molar-refractivity contribution in [2.75, 3.05) is 26.7 Å². The lowest BCUT2D eigenvalue weighted by Gasteiger charge is -2.32. The zero-order valence-corrected chi connectivity index (χ0v) is 12.1. The molecule has 1 N–H and O–H groups in total. The van der Waals surface area contributed by atoms with Crippen molar-refractivity contribution in [2.24, 2.45) is 5.92 Å². The van der Waals surface area contributed by atoms with Crippen LogP contribution in [-0.2, 0) is 11.2 Å². The van der Waals surface area contributed by atoms with Crippen LogP contribution in [0.3, 0.4) is 0 Å². The van der Waals surface area contributed by atoms with Crippen molar-refractivity contribution in [2.45, 2.75) is 25.7 Å². The number of hydrogen-bond donors (Lipinski definition) is 1. The number of nitrogens with zero attached hydrogens (tertiary/aromatic N) is 1. The highest BCUT2D eigenvalue weighted by Crippen LogP contribution is 2.20. The summed E-state index contributed by atoms with van der Waals surface area (Å²) >= 11 is 0. The number of benzene rings is 1. The van der Waals surface area contributed by atoms with Crippen LogP contribution >= 0.6 is 0 Å². The highest BCUT2D eigenvalue weighted by molar-refractivity contribution is 5.78. The average molecular weight is 278 g/mol. The molecular weight excluding hydrogens is 255 g/mol. The van der Waals surface area contributed by atoms with Crippen LogP contribution in [0.5, 0.6) is 0 Å². The summed E-state index contributed by atoms with van der Waals surface area (Å²) in [5.74, 6) is 0.632. The summed E-state index contributed by atoms with van der Waals surface area (Å²) in [6.45, 7) is 2.76. The molecule has 0 radical (unpaired) electrons. The predicted octanol–water partition coefficient (Wildman–Crippen LogP) is 2.22. The summed E-state index contributed by atoms with van der Waals surface area (Å²) in [4.78, 5) is 14.1. The zero-order valence-electron chi connectivity index (χ0n) is 12.1. The molecule has 1 aromatic rings. The van der Waals surface area contributed by atoms with Gasteiger partial charge in [-0.3, -0.25) is 4.79 Å². The van der Waals surface area contributed by atoms with Gasteiger partial charge in [0.15, 0.2) is 0 Å². The Balaban J connectivity index is 1.78. The number of nitrogens with one attached hydrogen (secondary N) is 1. The van der Waals surface area contributed by atoms with E-state index in [9.17, 15) is 9.18 Å². The molecule has 2 rings (SSSR count). The van der Waals surface area contributed by atoms with Crippen molar-refractivity contribution >= 4 is 5.91 Å². The van der Waals surface area contributed by atoms with Gasteiger partial charge in [0.05, 0.1) is 6.42 Å². The quantitative estimate of drug-likeness (QED) is 0.895. The highest BCUT2D eigenvalue weighted by Gasteiger charge is 2.22. The topological polar surface area (TPSA) is 32.3 Å². The summed E-state index contributed by atoms with van der Waals surface area (Å²) < 4.78 is 12.8. The lowest BCUT2D eigenvalue weighted by atomic mass is 9.93. The summed E-state index contributed by atoms with van der Waals surface area (Å²) in [6, 6.07) is 6.19. The molecule has 1 aliphatic rings. The van der Waals surface area contributed by atoms with Crippen molar-refractivity contribution in [3.05, 3.63) is 35.6 Å². The SMILES string of the molecule is CNCCC1CCN(C(=O)Cc2ccc(F)cc2)CC1. The van der Waals surface area contributed by atoms with E-state index >= 15 is 0 Å². The number of piperidine rings is 1. The van der Waals surface area contributed by atoms with Crippen molar-refractivity contribution in [3.63, 3.8) is 0 Å².